The molecule has 0 spiro atoms. The number of hydrogen-bond acceptors (Lipinski definition) is 4. The van der Waals surface area contributed by atoms with E-state index in [2.05, 4.69) is 0 Å². The molecule has 2 fully saturated rings. The second-order valence-corrected chi connectivity index (χ2v) is 5.51. The zero-order chi connectivity index (χ0) is 11.6. The largest absolute Gasteiger partial charge is 0.341 e. The Labute approximate surface area is 95.5 Å². The Morgan fingerprint density at radius 2 is 1.06 bits per heavy atom. The van der Waals surface area contributed by atoms with Gasteiger partial charge in [0.25, 0.3) is 0 Å². The van der Waals surface area contributed by atoms with E-state index in [1.54, 1.807) is 0 Å². The zero-order valence-corrected chi connectivity index (χ0v) is 10.1. The molecule has 4 atom stereocenters. The second kappa shape index (κ2) is 3.07. The molecule has 90 valence electrons. The lowest BCUT2D eigenvalue weighted by Crippen LogP contribution is -2.43. The van der Waals surface area contributed by atoms with E-state index in [0.29, 0.717) is 0 Å². The number of fused-ring (bicyclic) bond motifs is 3. The summed E-state index contributed by atoms with van der Waals surface area (Å²) >= 11 is 0. The summed E-state index contributed by atoms with van der Waals surface area (Å²) in [5, 5.41) is 0. The van der Waals surface area contributed by atoms with E-state index in [4.69, 9.17) is 18.9 Å². The lowest BCUT2D eigenvalue weighted by Gasteiger charge is -2.26. The van der Waals surface area contributed by atoms with Crippen molar-refractivity contribution < 1.29 is 18.9 Å². The fourth-order valence-electron chi connectivity index (χ4n) is 2.66. The third kappa shape index (κ3) is 1.61. The van der Waals surface area contributed by atoms with Crippen LogP contribution in [0, 0.1) is 0 Å². The van der Waals surface area contributed by atoms with Crippen LogP contribution in [-0.2, 0) is 18.9 Å². The van der Waals surface area contributed by atoms with Gasteiger partial charge in [0, 0.05) is 0 Å². The summed E-state index contributed by atoms with van der Waals surface area (Å²) in [6, 6.07) is 0. The Hall–Kier alpha value is -0.420. The highest BCUT2D eigenvalue weighted by Gasteiger charge is 2.54. The summed E-state index contributed by atoms with van der Waals surface area (Å²) in [5.41, 5.74) is 0. The Morgan fingerprint density at radius 1 is 0.688 bits per heavy atom. The van der Waals surface area contributed by atoms with Crippen LogP contribution in [0.1, 0.15) is 27.7 Å². The molecule has 2 aliphatic heterocycles. The Morgan fingerprint density at radius 3 is 1.44 bits per heavy atom. The van der Waals surface area contributed by atoms with Crippen molar-refractivity contribution in [3.63, 3.8) is 0 Å². The van der Waals surface area contributed by atoms with Crippen molar-refractivity contribution in [1.29, 1.82) is 0 Å². The molecule has 0 amide bonds. The molecule has 0 aromatic heterocycles. The van der Waals surface area contributed by atoms with Gasteiger partial charge in [-0.25, -0.2) is 0 Å². The Kier molecular flexibility index (Phi) is 2.06. The van der Waals surface area contributed by atoms with Gasteiger partial charge in [-0.2, -0.15) is 0 Å². The van der Waals surface area contributed by atoms with E-state index in [1.807, 2.05) is 39.8 Å². The Bertz CT molecular complexity index is 302. The van der Waals surface area contributed by atoms with Gasteiger partial charge in [-0.3, -0.25) is 0 Å². The van der Waals surface area contributed by atoms with Gasteiger partial charge >= 0.3 is 0 Å². The summed E-state index contributed by atoms with van der Waals surface area (Å²) < 4.78 is 23.3. The molecule has 0 aromatic carbocycles. The standard InChI is InChI=1S/C12H18O4/c1-11(2)13-7-5-6-8-10(9(7)15-11)16-12(3,4)14-8/h5-10H,1-4H3/t7-,8-,9-,10-/m1/s1. The smallest absolute Gasteiger partial charge is 0.164 e. The first-order valence-electron chi connectivity index (χ1n) is 5.76. The van der Waals surface area contributed by atoms with Crippen LogP contribution >= 0.6 is 0 Å². The predicted molar refractivity (Wildman–Crippen MR) is 56.8 cm³/mol. The molecule has 2 heterocycles. The minimum absolute atomic E-state index is 0.0197. The van der Waals surface area contributed by atoms with Crippen molar-refractivity contribution in [2.24, 2.45) is 0 Å². The summed E-state index contributed by atoms with van der Waals surface area (Å²) in [6.07, 6.45) is 3.87. The van der Waals surface area contributed by atoms with Crippen molar-refractivity contribution in [3.05, 3.63) is 12.2 Å². The normalized spacial score (nSPS) is 47.8. The van der Waals surface area contributed by atoms with Crippen molar-refractivity contribution >= 4 is 0 Å². The number of hydrogen-bond donors (Lipinski definition) is 0. The summed E-state index contributed by atoms with van der Waals surface area (Å²) in [4.78, 5) is 0. The molecule has 0 N–H and O–H groups in total. The maximum Gasteiger partial charge on any atom is 0.164 e. The average molecular weight is 226 g/mol. The molecule has 0 saturated carbocycles. The van der Waals surface area contributed by atoms with Crippen LogP contribution < -0.4 is 0 Å². The van der Waals surface area contributed by atoms with Crippen molar-refractivity contribution in [2.75, 3.05) is 0 Å². The molecule has 0 aromatic rings. The van der Waals surface area contributed by atoms with Gasteiger partial charge in [-0.1, -0.05) is 12.2 Å². The van der Waals surface area contributed by atoms with Crippen LogP contribution in [0.15, 0.2) is 12.2 Å². The molecule has 16 heavy (non-hydrogen) atoms. The van der Waals surface area contributed by atoms with Gasteiger partial charge in [0.15, 0.2) is 11.6 Å². The fourth-order valence-corrected chi connectivity index (χ4v) is 2.66. The number of rotatable bonds is 0. The minimum atomic E-state index is -0.537. The van der Waals surface area contributed by atoms with Crippen LogP contribution in [-0.4, -0.2) is 36.0 Å². The SMILES string of the molecule is CC1(C)O[C@H]2[C@@H]3OC(C)(C)O[C@@H]3C=C[C@H]2O1. The van der Waals surface area contributed by atoms with E-state index in [9.17, 15) is 0 Å². The van der Waals surface area contributed by atoms with Gasteiger partial charge in [0.1, 0.15) is 24.4 Å². The van der Waals surface area contributed by atoms with E-state index in [1.165, 1.54) is 0 Å². The third-order valence-electron chi connectivity index (χ3n) is 3.14. The molecule has 1 aliphatic carbocycles. The first-order valence-corrected chi connectivity index (χ1v) is 5.76. The predicted octanol–water partition coefficient (Wildman–Crippen LogP) is 1.60. The van der Waals surface area contributed by atoms with Gasteiger partial charge < -0.3 is 18.9 Å². The van der Waals surface area contributed by atoms with E-state index in [0.717, 1.165) is 0 Å². The van der Waals surface area contributed by atoms with Gasteiger partial charge in [0.05, 0.1) is 0 Å². The highest BCUT2D eigenvalue weighted by Crippen LogP contribution is 2.41. The van der Waals surface area contributed by atoms with Crippen molar-refractivity contribution in [3.8, 4) is 0 Å². The van der Waals surface area contributed by atoms with E-state index in [-0.39, 0.29) is 24.4 Å². The molecule has 3 aliphatic rings. The molecular formula is C12H18O4. The van der Waals surface area contributed by atoms with Crippen molar-refractivity contribution in [1.82, 2.24) is 0 Å². The molecule has 3 rings (SSSR count). The van der Waals surface area contributed by atoms with Crippen LogP contribution in [0.25, 0.3) is 0 Å². The topological polar surface area (TPSA) is 36.9 Å². The summed E-state index contributed by atoms with van der Waals surface area (Å²) in [6.45, 7) is 7.70. The number of ether oxygens (including phenoxy) is 4. The van der Waals surface area contributed by atoms with Gasteiger partial charge in [0.2, 0.25) is 0 Å². The lowest BCUT2D eigenvalue weighted by molar-refractivity contribution is -0.174. The molecule has 0 radical (unpaired) electrons. The minimum Gasteiger partial charge on any atom is -0.341 e. The molecule has 4 nitrogen and oxygen atoms in total. The van der Waals surface area contributed by atoms with Crippen molar-refractivity contribution in [2.45, 2.75) is 63.7 Å². The van der Waals surface area contributed by atoms with Gasteiger partial charge in [-0.15, -0.1) is 0 Å². The van der Waals surface area contributed by atoms with Crippen LogP contribution in [0.3, 0.4) is 0 Å². The highest BCUT2D eigenvalue weighted by atomic mass is 16.8. The van der Waals surface area contributed by atoms with Crippen LogP contribution in [0.5, 0.6) is 0 Å². The molecule has 4 heteroatoms. The van der Waals surface area contributed by atoms with E-state index >= 15 is 0 Å². The van der Waals surface area contributed by atoms with E-state index < -0.39 is 11.6 Å². The third-order valence-corrected chi connectivity index (χ3v) is 3.14. The average Bonchev–Trinajstić information content (AvgIpc) is 2.58. The summed E-state index contributed by atoms with van der Waals surface area (Å²) in [7, 11) is 0. The first-order chi connectivity index (χ1) is 7.36. The van der Waals surface area contributed by atoms with Crippen LogP contribution in [0.2, 0.25) is 0 Å². The molecular weight excluding hydrogens is 208 g/mol. The van der Waals surface area contributed by atoms with Gasteiger partial charge in [-0.05, 0) is 27.7 Å². The lowest BCUT2D eigenvalue weighted by atomic mass is 9.97. The highest BCUT2D eigenvalue weighted by molar-refractivity contribution is 5.14. The maximum atomic E-state index is 5.88. The second-order valence-electron chi connectivity index (χ2n) is 5.51. The van der Waals surface area contributed by atoms with Crippen LogP contribution in [0.4, 0.5) is 0 Å². The quantitative estimate of drug-likeness (QED) is 0.588. The first kappa shape index (κ1) is 10.7. The molecule has 2 saturated heterocycles. The maximum absolute atomic E-state index is 5.88. The zero-order valence-electron chi connectivity index (χ0n) is 10.1. The molecule has 0 bridgehead atoms. The Balaban J connectivity index is 1.86. The monoisotopic (exact) mass is 226 g/mol. The molecule has 0 unspecified atom stereocenters. The summed E-state index contributed by atoms with van der Waals surface area (Å²) in [5.74, 6) is -1.07. The fraction of sp³-hybridized carbons (Fsp3) is 0.833.